The fraction of sp³-hybridized carbons (Fsp3) is 0.700. The minimum absolute atomic E-state index is 0.583. The van der Waals surface area contributed by atoms with Gasteiger partial charge in [-0.05, 0) is 5.92 Å². The van der Waals surface area contributed by atoms with Crippen molar-refractivity contribution in [3.05, 3.63) is 18.2 Å². The third-order valence-electron chi connectivity index (χ3n) is 2.62. The molecule has 1 aromatic heterocycles. The van der Waals surface area contributed by atoms with Gasteiger partial charge in [-0.2, -0.15) is 0 Å². The fourth-order valence-corrected chi connectivity index (χ4v) is 1.51. The first kappa shape index (κ1) is 10.3. The van der Waals surface area contributed by atoms with Crippen LogP contribution in [0.4, 0.5) is 0 Å². The summed E-state index contributed by atoms with van der Waals surface area (Å²) < 4.78 is 2.16. The Bertz CT molecular complexity index is 238. The summed E-state index contributed by atoms with van der Waals surface area (Å²) in [4.78, 5) is 4.10. The summed E-state index contributed by atoms with van der Waals surface area (Å²) in [6, 6.07) is 0. The Balaban J connectivity index is 2.61. The largest absolute Gasteiger partial charge is 0.333 e. The maximum atomic E-state index is 5.59. The number of aromatic nitrogens is 2. The molecule has 3 nitrogen and oxygen atoms in total. The molecule has 0 aromatic carbocycles. The van der Waals surface area contributed by atoms with E-state index in [9.17, 15) is 0 Å². The van der Waals surface area contributed by atoms with Crippen molar-refractivity contribution in [1.29, 1.82) is 0 Å². The van der Waals surface area contributed by atoms with Crippen molar-refractivity contribution in [2.45, 2.75) is 39.8 Å². The summed E-state index contributed by atoms with van der Waals surface area (Å²) in [6.07, 6.45) is 6.17. The summed E-state index contributed by atoms with van der Waals surface area (Å²) in [7, 11) is 0. The van der Waals surface area contributed by atoms with Gasteiger partial charge in [0.15, 0.2) is 0 Å². The molecular formula is C10H19N3. The van der Waals surface area contributed by atoms with Gasteiger partial charge in [0.05, 0.1) is 12.0 Å². The predicted octanol–water partition coefficient (Wildman–Crippen LogP) is 1.78. The van der Waals surface area contributed by atoms with Crippen LogP contribution in [-0.2, 0) is 13.1 Å². The molecule has 0 atom stereocenters. The summed E-state index contributed by atoms with van der Waals surface area (Å²) in [5.74, 6) is 0.750. The van der Waals surface area contributed by atoms with Gasteiger partial charge in [-0.25, -0.2) is 4.98 Å². The van der Waals surface area contributed by atoms with E-state index in [1.54, 1.807) is 0 Å². The summed E-state index contributed by atoms with van der Waals surface area (Å²) in [6.45, 7) is 6.10. The van der Waals surface area contributed by atoms with E-state index in [1.165, 1.54) is 12.8 Å². The Hall–Kier alpha value is -0.830. The second kappa shape index (κ2) is 5.02. The second-order valence-electron chi connectivity index (χ2n) is 3.42. The molecule has 3 heteroatoms. The van der Waals surface area contributed by atoms with Gasteiger partial charge < -0.3 is 10.3 Å². The van der Waals surface area contributed by atoms with Crippen LogP contribution >= 0.6 is 0 Å². The highest BCUT2D eigenvalue weighted by molar-refractivity contribution is 4.97. The number of nitrogens with two attached hydrogens (primary N) is 1. The van der Waals surface area contributed by atoms with Gasteiger partial charge in [-0.3, -0.25) is 0 Å². The van der Waals surface area contributed by atoms with Crippen molar-refractivity contribution in [2.75, 3.05) is 0 Å². The van der Waals surface area contributed by atoms with Crippen LogP contribution in [0, 0.1) is 5.92 Å². The van der Waals surface area contributed by atoms with E-state index in [-0.39, 0.29) is 0 Å². The zero-order valence-electron chi connectivity index (χ0n) is 8.53. The zero-order valence-corrected chi connectivity index (χ0v) is 8.53. The van der Waals surface area contributed by atoms with Crippen molar-refractivity contribution >= 4 is 0 Å². The minimum Gasteiger partial charge on any atom is -0.333 e. The van der Waals surface area contributed by atoms with E-state index >= 15 is 0 Å². The lowest BCUT2D eigenvalue weighted by Crippen LogP contribution is -2.12. The molecule has 0 fully saturated rings. The first-order valence-corrected chi connectivity index (χ1v) is 5.00. The van der Waals surface area contributed by atoms with Gasteiger partial charge in [0.2, 0.25) is 0 Å². The smallest absolute Gasteiger partial charge is 0.0948 e. The molecule has 0 bridgehead atoms. The molecule has 0 amide bonds. The van der Waals surface area contributed by atoms with Crippen LogP contribution in [0.3, 0.4) is 0 Å². The number of rotatable bonds is 5. The van der Waals surface area contributed by atoms with Crippen molar-refractivity contribution in [2.24, 2.45) is 11.7 Å². The highest BCUT2D eigenvalue weighted by Crippen LogP contribution is 2.11. The minimum atomic E-state index is 0.583. The first-order chi connectivity index (χ1) is 6.31. The second-order valence-corrected chi connectivity index (χ2v) is 3.42. The quantitative estimate of drug-likeness (QED) is 0.752. The van der Waals surface area contributed by atoms with Gasteiger partial charge in [-0.15, -0.1) is 0 Å². The molecule has 0 spiro atoms. The van der Waals surface area contributed by atoms with E-state index in [0.29, 0.717) is 6.54 Å². The first-order valence-electron chi connectivity index (χ1n) is 5.00. The van der Waals surface area contributed by atoms with Gasteiger partial charge in [-0.1, -0.05) is 26.7 Å². The van der Waals surface area contributed by atoms with Crippen molar-refractivity contribution in [1.82, 2.24) is 9.55 Å². The fourth-order valence-electron chi connectivity index (χ4n) is 1.51. The summed E-state index contributed by atoms with van der Waals surface area (Å²) >= 11 is 0. The molecule has 0 saturated heterocycles. The standard InChI is InChI=1S/C10H19N3/c1-3-9(4-2)7-13-8-12-6-10(13)5-11/h6,8-9H,3-5,7,11H2,1-2H3. The van der Waals surface area contributed by atoms with Gasteiger partial charge in [0.25, 0.3) is 0 Å². The third kappa shape index (κ3) is 2.56. The molecule has 74 valence electrons. The maximum Gasteiger partial charge on any atom is 0.0948 e. The zero-order chi connectivity index (χ0) is 9.68. The molecule has 1 aromatic rings. The normalized spacial score (nSPS) is 11.1. The average molecular weight is 181 g/mol. The lowest BCUT2D eigenvalue weighted by atomic mass is 10.0. The molecule has 1 heterocycles. The predicted molar refractivity (Wildman–Crippen MR) is 54.2 cm³/mol. The third-order valence-corrected chi connectivity index (χ3v) is 2.62. The molecule has 0 aliphatic rings. The van der Waals surface area contributed by atoms with Crippen LogP contribution in [0.15, 0.2) is 12.5 Å². The highest BCUT2D eigenvalue weighted by atomic mass is 15.1. The van der Waals surface area contributed by atoms with Crippen LogP contribution < -0.4 is 5.73 Å². The Morgan fingerprint density at radius 2 is 2.15 bits per heavy atom. The SMILES string of the molecule is CCC(CC)Cn1cncc1CN. The summed E-state index contributed by atoms with van der Waals surface area (Å²) in [5.41, 5.74) is 6.72. The maximum absolute atomic E-state index is 5.59. The number of imidazole rings is 1. The molecule has 1 rings (SSSR count). The van der Waals surface area contributed by atoms with Crippen LogP contribution in [0.2, 0.25) is 0 Å². The van der Waals surface area contributed by atoms with Gasteiger partial charge in [0.1, 0.15) is 0 Å². The summed E-state index contributed by atoms with van der Waals surface area (Å²) in [5, 5.41) is 0. The van der Waals surface area contributed by atoms with E-state index in [2.05, 4.69) is 23.4 Å². The van der Waals surface area contributed by atoms with Crippen LogP contribution in [0.1, 0.15) is 32.4 Å². The molecule has 0 aliphatic carbocycles. The molecule has 13 heavy (non-hydrogen) atoms. The van der Waals surface area contributed by atoms with Crippen molar-refractivity contribution in [3.63, 3.8) is 0 Å². The Morgan fingerprint density at radius 1 is 1.46 bits per heavy atom. The molecular weight excluding hydrogens is 162 g/mol. The Kier molecular flexibility index (Phi) is 3.96. The van der Waals surface area contributed by atoms with Crippen molar-refractivity contribution in [3.8, 4) is 0 Å². The number of hydrogen-bond acceptors (Lipinski definition) is 2. The molecule has 0 aliphatic heterocycles. The highest BCUT2D eigenvalue weighted by Gasteiger charge is 2.06. The monoisotopic (exact) mass is 181 g/mol. The average Bonchev–Trinajstić information content (AvgIpc) is 2.61. The van der Waals surface area contributed by atoms with Crippen LogP contribution in [-0.4, -0.2) is 9.55 Å². The Labute approximate surface area is 80.0 Å². The van der Waals surface area contributed by atoms with Gasteiger partial charge in [0, 0.05) is 19.3 Å². The van der Waals surface area contributed by atoms with Gasteiger partial charge >= 0.3 is 0 Å². The Morgan fingerprint density at radius 3 is 2.69 bits per heavy atom. The topological polar surface area (TPSA) is 43.8 Å². The van der Waals surface area contributed by atoms with Crippen molar-refractivity contribution < 1.29 is 0 Å². The number of hydrogen-bond donors (Lipinski definition) is 1. The van der Waals surface area contributed by atoms with Crippen LogP contribution in [0.25, 0.3) is 0 Å². The molecule has 0 unspecified atom stereocenters. The van der Waals surface area contributed by atoms with Crippen LogP contribution in [0.5, 0.6) is 0 Å². The number of nitrogens with zero attached hydrogens (tertiary/aromatic N) is 2. The lowest BCUT2D eigenvalue weighted by molar-refractivity contribution is 0.412. The van der Waals surface area contributed by atoms with E-state index in [0.717, 1.165) is 18.2 Å². The molecule has 2 N–H and O–H groups in total. The van der Waals surface area contributed by atoms with E-state index in [4.69, 9.17) is 5.73 Å². The lowest BCUT2D eigenvalue weighted by Gasteiger charge is -2.14. The molecule has 0 radical (unpaired) electrons. The van der Waals surface area contributed by atoms with E-state index < -0.39 is 0 Å². The molecule has 0 saturated carbocycles. The van der Waals surface area contributed by atoms with E-state index in [1.807, 2.05) is 12.5 Å².